The van der Waals surface area contributed by atoms with E-state index in [0.29, 0.717) is 42.4 Å². The summed E-state index contributed by atoms with van der Waals surface area (Å²) in [5.74, 6) is 0.473. The lowest BCUT2D eigenvalue weighted by atomic mass is 10.1. The molecule has 148 valence electrons. The average Bonchev–Trinajstić information content (AvgIpc) is 2.71. The fourth-order valence-electron chi connectivity index (χ4n) is 2.99. The molecule has 1 amide bonds. The molecule has 2 aromatic rings. The predicted octanol–water partition coefficient (Wildman–Crippen LogP) is 4.37. The van der Waals surface area contributed by atoms with Crippen LogP contribution in [0.2, 0.25) is 0 Å². The van der Waals surface area contributed by atoms with Crippen molar-refractivity contribution in [2.45, 2.75) is 26.3 Å². The SMILES string of the molecule is CCN(Cc1cc(Br)ccc1F)C(=O)CCC(=O)c1ccc2c(c1)OCCO2. The molecule has 0 saturated carbocycles. The zero-order valence-electron chi connectivity index (χ0n) is 15.5. The maximum Gasteiger partial charge on any atom is 0.223 e. The molecule has 0 fully saturated rings. The minimum atomic E-state index is -0.359. The fourth-order valence-corrected chi connectivity index (χ4v) is 3.39. The molecular weight excluding hydrogens is 429 g/mol. The van der Waals surface area contributed by atoms with Crippen molar-refractivity contribution in [3.8, 4) is 11.5 Å². The molecule has 1 aliphatic rings. The molecule has 0 bridgehead atoms. The van der Waals surface area contributed by atoms with Crippen molar-refractivity contribution in [1.82, 2.24) is 4.90 Å². The largest absolute Gasteiger partial charge is 0.486 e. The molecular formula is C21H21BrFNO4. The molecule has 0 atom stereocenters. The van der Waals surface area contributed by atoms with Crippen LogP contribution in [0.5, 0.6) is 11.5 Å². The number of ether oxygens (including phenoxy) is 2. The maximum absolute atomic E-state index is 14.0. The smallest absolute Gasteiger partial charge is 0.223 e. The van der Waals surface area contributed by atoms with Crippen molar-refractivity contribution in [2.24, 2.45) is 0 Å². The number of amides is 1. The highest BCUT2D eigenvalue weighted by atomic mass is 79.9. The van der Waals surface area contributed by atoms with E-state index in [1.54, 1.807) is 35.2 Å². The lowest BCUT2D eigenvalue weighted by Crippen LogP contribution is -2.31. The number of carbonyl (C=O) groups excluding carboxylic acids is 2. The van der Waals surface area contributed by atoms with E-state index in [-0.39, 0.29) is 36.9 Å². The van der Waals surface area contributed by atoms with Crippen LogP contribution in [0, 0.1) is 5.82 Å². The zero-order chi connectivity index (χ0) is 20.1. The molecule has 1 heterocycles. The number of benzene rings is 2. The number of nitrogens with zero attached hydrogens (tertiary/aromatic N) is 1. The lowest BCUT2D eigenvalue weighted by molar-refractivity contribution is -0.131. The van der Waals surface area contributed by atoms with Crippen LogP contribution < -0.4 is 9.47 Å². The topological polar surface area (TPSA) is 55.8 Å². The summed E-state index contributed by atoms with van der Waals surface area (Å²) in [5, 5.41) is 0. The van der Waals surface area contributed by atoms with Gasteiger partial charge in [0.2, 0.25) is 5.91 Å². The van der Waals surface area contributed by atoms with Gasteiger partial charge in [0.15, 0.2) is 17.3 Å². The first-order valence-electron chi connectivity index (χ1n) is 9.12. The average molecular weight is 450 g/mol. The second-order valence-electron chi connectivity index (χ2n) is 6.43. The number of hydrogen-bond acceptors (Lipinski definition) is 4. The van der Waals surface area contributed by atoms with E-state index in [1.165, 1.54) is 6.07 Å². The Balaban J connectivity index is 1.60. The molecule has 0 aromatic heterocycles. The van der Waals surface area contributed by atoms with Crippen molar-refractivity contribution >= 4 is 27.6 Å². The van der Waals surface area contributed by atoms with Gasteiger partial charge in [0.25, 0.3) is 0 Å². The van der Waals surface area contributed by atoms with Gasteiger partial charge in [-0.25, -0.2) is 4.39 Å². The number of hydrogen-bond donors (Lipinski definition) is 0. The van der Waals surface area contributed by atoms with E-state index in [0.717, 1.165) is 4.47 Å². The van der Waals surface area contributed by atoms with Gasteiger partial charge in [-0.3, -0.25) is 9.59 Å². The van der Waals surface area contributed by atoms with E-state index in [4.69, 9.17) is 9.47 Å². The van der Waals surface area contributed by atoms with Crippen LogP contribution in [0.15, 0.2) is 40.9 Å². The second kappa shape index (κ2) is 9.19. The van der Waals surface area contributed by atoms with Crippen LogP contribution in [0.4, 0.5) is 4.39 Å². The van der Waals surface area contributed by atoms with Crippen LogP contribution in [0.25, 0.3) is 0 Å². The van der Waals surface area contributed by atoms with Crippen LogP contribution in [-0.4, -0.2) is 36.3 Å². The summed E-state index contributed by atoms with van der Waals surface area (Å²) < 4.78 is 25.7. The lowest BCUT2D eigenvalue weighted by Gasteiger charge is -2.21. The van der Waals surface area contributed by atoms with Crippen molar-refractivity contribution in [3.63, 3.8) is 0 Å². The van der Waals surface area contributed by atoms with Gasteiger partial charge in [-0.2, -0.15) is 0 Å². The van der Waals surface area contributed by atoms with Gasteiger partial charge < -0.3 is 14.4 Å². The third kappa shape index (κ3) is 4.90. The Morgan fingerprint density at radius 2 is 1.82 bits per heavy atom. The summed E-state index contributed by atoms with van der Waals surface area (Å²) in [6.45, 7) is 3.36. The molecule has 0 unspecified atom stereocenters. The van der Waals surface area contributed by atoms with Crippen molar-refractivity contribution in [2.75, 3.05) is 19.8 Å². The monoisotopic (exact) mass is 449 g/mol. The van der Waals surface area contributed by atoms with Crippen LogP contribution in [0.1, 0.15) is 35.7 Å². The summed E-state index contributed by atoms with van der Waals surface area (Å²) >= 11 is 3.31. The minimum absolute atomic E-state index is 0.0662. The Kier molecular flexibility index (Phi) is 6.67. The highest BCUT2D eigenvalue weighted by molar-refractivity contribution is 9.10. The Morgan fingerprint density at radius 3 is 2.57 bits per heavy atom. The van der Waals surface area contributed by atoms with E-state index in [2.05, 4.69) is 15.9 Å². The molecule has 2 aromatic carbocycles. The molecule has 7 heteroatoms. The van der Waals surface area contributed by atoms with Gasteiger partial charge in [-0.1, -0.05) is 15.9 Å². The number of fused-ring (bicyclic) bond motifs is 1. The summed E-state index contributed by atoms with van der Waals surface area (Å²) in [7, 11) is 0. The molecule has 0 aliphatic carbocycles. The molecule has 0 saturated heterocycles. The molecule has 0 N–H and O–H groups in total. The first-order chi connectivity index (χ1) is 13.5. The van der Waals surface area contributed by atoms with Crippen molar-refractivity contribution < 1.29 is 23.5 Å². The fraction of sp³-hybridized carbons (Fsp3) is 0.333. The summed E-state index contributed by atoms with van der Waals surface area (Å²) in [5.41, 5.74) is 0.917. The number of ketones is 1. The molecule has 28 heavy (non-hydrogen) atoms. The van der Waals surface area contributed by atoms with Crippen molar-refractivity contribution in [3.05, 3.63) is 57.8 Å². The molecule has 0 radical (unpaired) electrons. The first-order valence-corrected chi connectivity index (χ1v) is 9.91. The predicted molar refractivity (Wildman–Crippen MR) is 106 cm³/mol. The van der Waals surface area contributed by atoms with E-state index in [9.17, 15) is 14.0 Å². The molecule has 0 spiro atoms. The molecule has 5 nitrogen and oxygen atoms in total. The maximum atomic E-state index is 14.0. The van der Waals surface area contributed by atoms with Gasteiger partial charge in [-0.05, 0) is 43.3 Å². The normalized spacial score (nSPS) is 12.5. The van der Waals surface area contributed by atoms with E-state index < -0.39 is 0 Å². The third-order valence-corrected chi connectivity index (χ3v) is 5.03. The van der Waals surface area contributed by atoms with Gasteiger partial charge >= 0.3 is 0 Å². The standard InChI is InChI=1S/C21H21BrFNO4/c1-2-24(13-15-11-16(22)4-5-17(15)23)21(26)8-6-18(25)14-3-7-19-20(12-14)28-10-9-27-19/h3-5,7,11-12H,2,6,8-10,13H2,1H3. The number of carbonyl (C=O) groups is 2. The molecule has 1 aliphatic heterocycles. The van der Waals surface area contributed by atoms with Gasteiger partial charge in [0.1, 0.15) is 19.0 Å². The molecule has 3 rings (SSSR count). The van der Waals surface area contributed by atoms with Crippen LogP contribution >= 0.6 is 15.9 Å². The second-order valence-corrected chi connectivity index (χ2v) is 7.34. The summed E-state index contributed by atoms with van der Waals surface area (Å²) in [6.07, 6.45) is 0.146. The van der Waals surface area contributed by atoms with Crippen LogP contribution in [0.3, 0.4) is 0 Å². The number of halogens is 2. The Morgan fingerprint density at radius 1 is 1.07 bits per heavy atom. The van der Waals surface area contributed by atoms with Gasteiger partial charge in [0.05, 0.1) is 0 Å². The van der Waals surface area contributed by atoms with E-state index >= 15 is 0 Å². The van der Waals surface area contributed by atoms with Gasteiger partial charge in [0, 0.05) is 41.5 Å². The third-order valence-electron chi connectivity index (χ3n) is 4.53. The Labute approximate surface area is 171 Å². The van der Waals surface area contributed by atoms with E-state index in [1.807, 2.05) is 6.92 Å². The van der Waals surface area contributed by atoms with Crippen LogP contribution in [-0.2, 0) is 11.3 Å². The quantitative estimate of drug-likeness (QED) is 0.588. The van der Waals surface area contributed by atoms with Crippen molar-refractivity contribution in [1.29, 1.82) is 0 Å². The zero-order valence-corrected chi connectivity index (χ0v) is 17.1. The Hall–Kier alpha value is -2.41. The minimum Gasteiger partial charge on any atom is -0.486 e. The highest BCUT2D eigenvalue weighted by Crippen LogP contribution is 2.31. The first kappa shape index (κ1) is 20.3. The Bertz CT molecular complexity index is 887. The number of Topliss-reactive ketones (excluding diaryl/α,β-unsaturated/α-hetero) is 1. The summed E-state index contributed by atoms with van der Waals surface area (Å²) in [6, 6.07) is 9.67. The highest BCUT2D eigenvalue weighted by Gasteiger charge is 2.18. The number of rotatable bonds is 7. The van der Waals surface area contributed by atoms with Gasteiger partial charge in [-0.15, -0.1) is 0 Å². The summed E-state index contributed by atoms with van der Waals surface area (Å²) in [4.78, 5) is 26.6.